The Morgan fingerprint density at radius 2 is 2.13 bits per heavy atom. The highest BCUT2D eigenvalue weighted by molar-refractivity contribution is 5.76. The molecule has 2 aliphatic carbocycles. The van der Waals surface area contributed by atoms with Gasteiger partial charge in [-0.15, -0.1) is 0 Å². The van der Waals surface area contributed by atoms with Crippen molar-refractivity contribution in [2.24, 2.45) is 5.41 Å². The summed E-state index contributed by atoms with van der Waals surface area (Å²) in [5, 5.41) is 16.7. The maximum Gasteiger partial charge on any atom is 0.227 e. The molecule has 23 heavy (non-hydrogen) atoms. The number of aliphatic hydroxyl groups is 1. The first-order valence-corrected chi connectivity index (χ1v) is 8.83. The first kappa shape index (κ1) is 16.4. The molecule has 6 heteroatoms. The predicted octanol–water partition coefficient (Wildman–Crippen LogP) is 2.33. The van der Waals surface area contributed by atoms with Gasteiger partial charge in [-0.2, -0.15) is 4.98 Å². The third-order valence-electron chi connectivity index (χ3n) is 5.55. The van der Waals surface area contributed by atoms with Gasteiger partial charge in [-0.05, 0) is 25.7 Å². The van der Waals surface area contributed by atoms with Crippen LogP contribution < -0.4 is 5.32 Å². The van der Waals surface area contributed by atoms with Crippen molar-refractivity contribution >= 4 is 5.91 Å². The lowest BCUT2D eigenvalue weighted by Gasteiger charge is -2.30. The molecule has 0 radical (unpaired) electrons. The van der Waals surface area contributed by atoms with E-state index in [9.17, 15) is 9.90 Å². The zero-order valence-electron chi connectivity index (χ0n) is 13.9. The molecule has 1 aromatic heterocycles. The quantitative estimate of drug-likeness (QED) is 0.839. The van der Waals surface area contributed by atoms with Gasteiger partial charge in [0, 0.05) is 30.2 Å². The minimum Gasteiger partial charge on any atom is -0.396 e. The van der Waals surface area contributed by atoms with Gasteiger partial charge in [0.15, 0.2) is 5.82 Å². The van der Waals surface area contributed by atoms with Crippen LogP contribution in [0.3, 0.4) is 0 Å². The Balaban J connectivity index is 1.47. The first-order valence-electron chi connectivity index (χ1n) is 8.83. The van der Waals surface area contributed by atoms with Crippen molar-refractivity contribution in [2.75, 3.05) is 6.61 Å². The first-order chi connectivity index (χ1) is 11.1. The third-order valence-corrected chi connectivity index (χ3v) is 5.55. The van der Waals surface area contributed by atoms with Crippen LogP contribution in [0.5, 0.6) is 0 Å². The number of aryl methyl sites for hydroxylation is 1. The molecule has 0 bridgehead atoms. The molecule has 0 aliphatic heterocycles. The number of aromatic nitrogens is 2. The van der Waals surface area contributed by atoms with Gasteiger partial charge in [-0.3, -0.25) is 4.79 Å². The lowest BCUT2D eigenvalue weighted by atomic mass is 9.86. The van der Waals surface area contributed by atoms with Gasteiger partial charge in [-0.1, -0.05) is 31.3 Å². The van der Waals surface area contributed by atoms with E-state index in [0.29, 0.717) is 24.7 Å². The largest absolute Gasteiger partial charge is 0.396 e. The Labute approximate surface area is 137 Å². The fourth-order valence-electron chi connectivity index (χ4n) is 3.87. The van der Waals surface area contributed by atoms with E-state index < -0.39 is 0 Å². The Kier molecular flexibility index (Phi) is 4.99. The molecule has 2 unspecified atom stereocenters. The van der Waals surface area contributed by atoms with Crippen LogP contribution in [0.15, 0.2) is 4.52 Å². The molecule has 0 saturated heterocycles. The normalized spacial score (nSPS) is 28.3. The summed E-state index contributed by atoms with van der Waals surface area (Å²) in [5.41, 5.74) is -0.185. The van der Waals surface area contributed by atoms with Crippen molar-refractivity contribution in [3.05, 3.63) is 11.7 Å². The Morgan fingerprint density at radius 1 is 1.35 bits per heavy atom. The minimum absolute atomic E-state index is 0.00260. The smallest absolute Gasteiger partial charge is 0.227 e. The molecule has 1 heterocycles. The summed E-state index contributed by atoms with van der Waals surface area (Å²) >= 11 is 0. The summed E-state index contributed by atoms with van der Waals surface area (Å²) in [6.45, 7) is 2.16. The van der Waals surface area contributed by atoms with Crippen molar-refractivity contribution in [1.82, 2.24) is 15.5 Å². The van der Waals surface area contributed by atoms with Crippen LogP contribution in [-0.4, -0.2) is 33.8 Å². The van der Waals surface area contributed by atoms with Crippen molar-refractivity contribution in [1.29, 1.82) is 0 Å². The van der Waals surface area contributed by atoms with Gasteiger partial charge in [0.1, 0.15) is 0 Å². The predicted molar refractivity (Wildman–Crippen MR) is 84.8 cm³/mol. The van der Waals surface area contributed by atoms with Gasteiger partial charge in [0.2, 0.25) is 11.8 Å². The van der Waals surface area contributed by atoms with E-state index >= 15 is 0 Å². The Bertz CT molecular complexity index is 539. The monoisotopic (exact) mass is 321 g/mol. The maximum atomic E-state index is 12.2. The van der Waals surface area contributed by atoms with E-state index in [2.05, 4.69) is 15.5 Å². The van der Waals surface area contributed by atoms with Gasteiger partial charge in [-0.25, -0.2) is 0 Å². The van der Waals surface area contributed by atoms with Gasteiger partial charge in [0.25, 0.3) is 0 Å². The average Bonchev–Trinajstić information content (AvgIpc) is 3.26. The minimum atomic E-state index is -0.185. The highest BCUT2D eigenvalue weighted by Crippen LogP contribution is 2.37. The van der Waals surface area contributed by atoms with Crippen molar-refractivity contribution < 1.29 is 14.4 Å². The SMILES string of the molecule is CC1(CO)CCCC1NC(=O)CCc1nc(C2CCCC2)no1. The number of nitrogens with zero attached hydrogens (tertiary/aromatic N) is 2. The molecule has 0 aromatic carbocycles. The standard InChI is InChI=1S/C17H27N3O3/c1-17(11-21)10-4-7-13(17)18-14(22)8-9-15-19-16(20-23-15)12-5-2-3-6-12/h12-13,21H,2-11H2,1H3,(H,18,22). The number of carbonyl (C=O) groups excluding carboxylic acids is 1. The highest BCUT2D eigenvalue weighted by Gasteiger charge is 2.38. The summed E-state index contributed by atoms with van der Waals surface area (Å²) in [7, 11) is 0. The van der Waals surface area contributed by atoms with Gasteiger partial charge < -0.3 is 14.9 Å². The van der Waals surface area contributed by atoms with Crippen LogP contribution in [-0.2, 0) is 11.2 Å². The molecule has 2 N–H and O–H groups in total. The van der Waals surface area contributed by atoms with Crippen LogP contribution in [0.2, 0.25) is 0 Å². The Hall–Kier alpha value is -1.43. The summed E-state index contributed by atoms with van der Waals surface area (Å²) in [6.07, 6.45) is 8.54. The van der Waals surface area contributed by atoms with E-state index in [1.165, 1.54) is 12.8 Å². The summed E-state index contributed by atoms with van der Waals surface area (Å²) in [4.78, 5) is 16.6. The van der Waals surface area contributed by atoms with Crippen LogP contribution in [0.4, 0.5) is 0 Å². The molecule has 1 amide bonds. The van der Waals surface area contributed by atoms with Crippen LogP contribution >= 0.6 is 0 Å². The number of carbonyl (C=O) groups is 1. The Morgan fingerprint density at radius 3 is 2.87 bits per heavy atom. The lowest BCUT2D eigenvalue weighted by molar-refractivity contribution is -0.122. The molecule has 128 valence electrons. The lowest BCUT2D eigenvalue weighted by Crippen LogP contribution is -2.44. The zero-order chi connectivity index (χ0) is 16.3. The average molecular weight is 321 g/mol. The second kappa shape index (κ2) is 6.99. The van der Waals surface area contributed by atoms with E-state index in [-0.39, 0.29) is 24.0 Å². The maximum absolute atomic E-state index is 12.2. The number of amides is 1. The molecule has 2 saturated carbocycles. The number of aliphatic hydroxyl groups excluding tert-OH is 1. The molecule has 2 aliphatic rings. The molecular formula is C17H27N3O3. The van der Waals surface area contributed by atoms with E-state index in [0.717, 1.165) is 37.9 Å². The van der Waals surface area contributed by atoms with E-state index in [1.807, 2.05) is 6.92 Å². The number of hydrogen-bond acceptors (Lipinski definition) is 5. The van der Waals surface area contributed by atoms with Crippen LogP contribution in [0.25, 0.3) is 0 Å². The molecule has 6 nitrogen and oxygen atoms in total. The fourth-order valence-corrected chi connectivity index (χ4v) is 3.87. The van der Waals surface area contributed by atoms with Crippen molar-refractivity contribution in [3.8, 4) is 0 Å². The second-order valence-corrected chi connectivity index (χ2v) is 7.35. The molecule has 1 aromatic rings. The van der Waals surface area contributed by atoms with Crippen LogP contribution in [0, 0.1) is 5.41 Å². The molecule has 2 atom stereocenters. The summed E-state index contributed by atoms with van der Waals surface area (Å²) < 4.78 is 5.28. The fraction of sp³-hybridized carbons (Fsp3) is 0.824. The molecule has 2 fully saturated rings. The summed E-state index contributed by atoms with van der Waals surface area (Å²) in [5.74, 6) is 1.79. The topological polar surface area (TPSA) is 88.2 Å². The highest BCUT2D eigenvalue weighted by atomic mass is 16.5. The number of nitrogens with one attached hydrogen (secondary N) is 1. The summed E-state index contributed by atoms with van der Waals surface area (Å²) in [6, 6.07) is 0.0664. The van der Waals surface area contributed by atoms with Crippen molar-refractivity contribution in [2.45, 2.75) is 76.7 Å². The van der Waals surface area contributed by atoms with E-state index in [1.54, 1.807) is 0 Å². The molecular weight excluding hydrogens is 294 g/mol. The molecule has 0 spiro atoms. The zero-order valence-corrected chi connectivity index (χ0v) is 13.9. The number of hydrogen-bond donors (Lipinski definition) is 2. The third kappa shape index (κ3) is 3.74. The second-order valence-electron chi connectivity index (χ2n) is 7.35. The van der Waals surface area contributed by atoms with Gasteiger partial charge >= 0.3 is 0 Å². The number of rotatable bonds is 6. The molecule has 3 rings (SSSR count). The van der Waals surface area contributed by atoms with Crippen molar-refractivity contribution in [3.63, 3.8) is 0 Å². The van der Waals surface area contributed by atoms with Crippen LogP contribution in [0.1, 0.15) is 75.9 Å². The van der Waals surface area contributed by atoms with E-state index in [4.69, 9.17) is 4.52 Å². The van der Waals surface area contributed by atoms with Gasteiger partial charge in [0.05, 0.1) is 6.61 Å².